The van der Waals surface area contributed by atoms with E-state index in [1.165, 1.54) is 5.56 Å². The van der Waals surface area contributed by atoms with E-state index >= 15 is 0 Å². The van der Waals surface area contributed by atoms with Crippen molar-refractivity contribution in [2.45, 2.75) is 12.8 Å². The average molecular weight is 342 g/mol. The number of rotatable bonds is 5. The number of ether oxygens (including phenoxy) is 1. The zero-order valence-corrected chi connectivity index (χ0v) is 14.6. The minimum absolute atomic E-state index is 0.810. The van der Waals surface area contributed by atoms with Gasteiger partial charge in [-0.3, -0.25) is 4.99 Å². The maximum Gasteiger partial charge on any atom is 0.195 e. The van der Waals surface area contributed by atoms with Gasteiger partial charge in [-0.1, -0.05) is 22.0 Å². The van der Waals surface area contributed by atoms with Crippen LogP contribution >= 0.6 is 15.9 Å². The number of guanidine groups is 1. The van der Waals surface area contributed by atoms with Crippen LogP contribution in [0.5, 0.6) is 5.75 Å². The van der Waals surface area contributed by atoms with Crippen molar-refractivity contribution in [3.8, 4) is 5.75 Å². The van der Waals surface area contributed by atoms with Crippen molar-refractivity contribution < 1.29 is 4.74 Å². The fraction of sp³-hybridized carbons (Fsp3) is 0.533. The number of hydrogen-bond donors (Lipinski definition) is 0. The second kappa shape index (κ2) is 8.15. The number of halogens is 1. The zero-order chi connectivity index (χ0) is 15.1. The zero-order valence-electron chi connectivity index (χ0n) is 13.0. The van der Waals surface area contributed by atoms with Gasteiger partial charge in [-0.15, -0.1) is 0 Å². The maximum atomic E-state index is 5.40. The summed E-state index contributed by atoms with van der Waals surface area (Å²) in [6.45, 7) is 0.810. The number of aryl methyl sites for hydroxylation is 1. The molecule has 0 aliphatic rings. The molecular formula is C15H24BrN3O. The maximum absolute atomic E-state index is 5.40. The van der Waals surface area contributed by atoms with Gasteiger partial charge in [0.05, 0.1) is 7.11 Å². The first kappa shape index (κ1) is 16.8. The van der Waals surface area contributed by atoms with E-state index < -0.39 is 0 Å². The standard InChI is InChI=1S/C15H24BrN3O/c1-18(2)15(19(3)4)17-10-6-7-12-8-9-13(16)11-14(12)20-5/h8-9,11H,6-7,10H2,1-5H3. The van der Waals surface area contributed by atoms with Crippen LogP contribution in [0.3, 0.4) is 0 Å². The molecule has 0 fully saturated rings. The minimum atomic E-state index is 0.810. The van der Waals surface area contributed by atoms with E-state index in [1.54, 1.807) is 7.11 Å². The van der Waals surface area contributed by atoms with Gasteiger partial charge in [0, 0.05) is 39.2 Å². The highest BCUT2D eigenvalue weighted by Gasteiger charge is 2.05. The van der Waals surface area contributed by atoms with Crippen molar-refractivity contribution in [1.82, 2.24) is 9.80 Å². The quantitative estimate of drug-likeness (QED) is 0.468. The lowest BCUT2D eigenvalue weighted by molar-refractivity contribution is 0.409. The predicted molar refractivity (Wildman–Crippen MR) is 88.7 cm³/mol. The van der Waals surface area contributed by atoms with E-state index in [2.05, 4.69) is 27.0 Å². The van der Waals surface area contributed by atoms with Crippen LogP contribution < -0.4 is 4.74 Å². The highest BCUT2D eigenvalue weighted by molar-refractivity contribution is 9.10. The van der Waals surface area contributed by atoms with Gasteiger partial charge in [0.1, 0.15) is 5.75 Å². The van der Waals surface area contributed by atoms with Crippen LogP contribution in [0.2, 0.25) is 0 Å². The predicted octanol–water partition coefficient (Wildman–Crippen LogP) is 2.87. The van der Waals surface area contributed by atoms with E-state index in [1.807, 2.05) is 50.1 Å². The summed E-state index contributed by atoms with van der Waals surface area (Å²) in [5.41, 5.74) is 1.22. The molecule has 0 atom stereocenters. The Kier molecular flexibility index (Phi) is 6.85. The van der Waals surface area contributed by atoms with Crippen molar-refractivity contribution >= 4 is 21.9 Å². The van der Waals surface area contributed by atoms with E-state index in [0.717, 1.165) is 35.6 Å². The SMILES string of the molecule is COc1cc(Br)ccc1CCCN=C(N(C)C)N(C)C. The Labute approximate surface area is 130 Å². The molecule has 0 spiro atoms. The first-order valence-corrected chi connectivity index (χ1v) is 7.46. The van der Waals surface area contributed by atoms with E-state index in [-0.39, 0.29) is 0 Å². The summed E-state index contributed by atoms with van der Waals surface area (Å²) in [6.07, 6.45) is 1.97. The van der Waals surface area contributed by atoms with Crippen molar-refractivity contribution in [3.05, 3.63) is 28.2 Å². The number of benzene rings is 1. The van der Waals surface area contributed by atoms with Crippen LogP contribution in [-0.2, 0) is 6.42 Å². The summed E-state index contributed by atoms with van der Waals surface area (Å²) >= 11 is 3.46. The molecular weight excluding hydrogens is 318 g/mol. The molecule has 0 bridgehead atoms. The molecule has 0 amide bonds. The molecule has 0 radical (unpaired) electrons. The number of hydrogen-bond acceptors (Lipinski definition) is 2. The van der Waals surface area contributed by atoms with E-state index in [0.29, 0.717) is 0 Å². The monoisotopic (exact) mass is 341 g/mol. The van der Waals surface area contributed by atoms with Crippen LogP contribution in [0.15, 0.2) is 27.7 Å². The second-order valence-corrected chi connectivity index (χ2v) is 5.95. The van der Waals surface area contributed by atoms with Crippen molar-refractivity contribution in [1.29, 1.82) is 0 Å². The topological polar surface area (TPSA) is 28.1 Å². The Balaban J connectivity index is 2.58. The van der Waals surface area contributed by atoms with E-state index in [9.17, 15) is 0 Å². The van der Waals surface area contributed by atoms with Gasteiger partial charge in [0.15, 0.2) is 5.96 Å². The lowest BCUT2D eigenvalue weighted by Gasteiger charge is -2.22. The van der Waals surface area contributed by atoms with Gasteiger partial charge in [-0.05, 0) is 30.5 Å². The summed E-state index contributed by atoms with van der Waals surface area (Å²) in [5, 5.41) is 0. The summed E-state index contributed by atoms with van der Waals surface area (Å²) in [7, 11) is 9.75. The normalized spacial score (nSPS) is 10.1. The average Bonchev–Trinajstić information content (AvgIpc) is 2.38. The fourth-order valence-corrected chi connectivity index (χ4v) is 2.40. The van der Waals surface area contributed by atoms with Crippen molar-refractivity contribution in [3.63, 3.8) is 0 Å². The molecule has 4 nitrogen and oxygen atoms in total. The Morgan fingerprint density at radius 3 is 2.40 bits per heavy atom. The third kappa shape index (κ3) is 5.04. The minimum Gasteiger partial charge on any atom is -0.496 e. The lowest BCUT2D eigenvalue weighted by Crippen LogP contribution is -2.35. The Morgan fingerprint density at radius 2 is 1.85 bits per heavy atom. The molecule has 0 aliphatic heterocycles. The smallest absolute Gasteiger partial charge is 0.195 e. The molecule has 1 aromatic carbocycles. The molecule has 0 N–H and O–H groups in total. The Morgan fingerprint density at radius 1 is 1.20 bits per heavy atom. The third-order valence-electron chi connectivity index (χ3n) is 2.91. The number of nitrogens with zero attached hydrogens (tertiary/aromatic N) is 3. The van der Waals surface area contributed by atoms with E-state index in [4.69, 9.17) is 4.74 Å². The van der Waals surface area contributed by atoms with Gasteiger partial charge in [-0.2, -0.15) is 0 Å². The van der Waals surface area contributed by atoms with Gasteiger partial charge in [-0.25, -0.2) is 0 Å². The Bertz CT molecular complexity index is 448. The largest absolute Gasteiger partial charge is 0.496 e. The summed E-state index contributed by atoms with van der Waals surface area (Å²) in [5.74, 6) is 1.93. The molecule has 1 rings (SSSR count). The molecule has 0 saturated heterocycles. The first-order chi connectivity index (χ1) is 9.45. The van der Waals surface area contributed by atoms with Crippen LogP contribution in [0.1, 0.15) is 12.0 Å². The molecule has 0 unspecified atom stereocenters. The van der Waals surface area contributed by atoms with Crippen LogP contribution in [-0.4, -0.2) is 57.6 Å². The van der Waals surface area contributed by atoms with Gasteiger partial charge in [0.2, 0.25) is 0 Å². The molecule has 20 heavy (non-hydrogen) atoms. The fourth-order valence-electron chi connectivity index (χ4n) is 2.06. The molecule has 0 aliphatic carbocycles. The Hall–Kier alpha value is -1.23. The molecule has 112 valence electrons. The summed E-state index contributed by atoms with van der Waals surface area (Å²) in [6, 6.07) is 6.15. The summed E-state index contributed by atoms with van der Waals surface area (Å²) < 4.78 is 6.44. The second-order valence-electron chi connectivity index (χ2n) is 5.03. The van der Waals surface area contributed by atoms with Gasteiger partial charge >= 0.3 is 0 Å². The lowest BCUT2D eigenvalue weighted by atomic mass is 10.1. The van der Waals surface area contributed by atoms with Crippen LogP contribution in [0.25, 0.3) is 0 Å². The molecule has 0 heterocycles. The van der Waals surface area contributed by atoms with Crippen molar-refractivity contribution in [2.75, 3.05) is 41.8 Å². The number of methoxy groups -OCH3 is 1. The highest BCUT2D eigenvalue weighted by atomic mass is 79.9. The third-order valence-corrected chi connectivity index (χ3v) is 3.40. The molecule has 0 aromatic heterocycles. The van der Waals surface area contributed by atoms with Crippen LogP contribution in [0, 0.1) is 0 Å². The molecule has 1 aromatic rings. The van der Waals surface area contributed by atoms with Gasteiger partial charge in [0.25, 0.3) is 0 Å². The molecule has 0 saturated carbocycles. The first-order valence-electron chi connectivity index (χ1n) is 6.67. The summed E-state index contributed by atoms with van der Waals surface area (Å²) in [4.78, 5) is 8.69. The van der Waals surface area contributed by atoms with Crippen LogP contribution in [0.4, 0.5) is 0 Å². The van der Waals surface area contributed by atoms with Gasteiger partial charge < -0.3 is 14.5 Å². The number of aliphatic imine (C=N–C) groups is 1. The highest BCUT2D eigenvalue weighted by Crippen LogP contribution is 2.24. The van der Waals surface area contributed by atoms with Crippen molar-refractivity contribution in [2.24, 2.45) is 4.99 Å². The molecule has 5 heteroatoms.